The molecule has 0 spiro atoms. The first-order valence-electron chi connectivity index (χ1n) is 4.66. The molecule has 0 aliphatic rings. The molecule has 0 aliphatic carbocycles. The molecule has 0 unspecified atom stereocenters. The predicted octanol–water partition coefficient (Wildman–Crippen LogP) is 1.68. The highest BCUT2D eigenvalue weighted by atomic mass is 32.2. The Balaban J connectivity index is 2.90. The second-order valence-electron chi connectivity index (χ2n) is 3.30. The van der Waals surface area contributed by atoms with Crippen LogP contribution < -0.4 is 5.14 Å². The highest BCUT2D eigenvalue weighted by molar-refractivity contribution is 7.89. The Bertz CT molecular complexity index is 398. The highest BCUT2D eigenvalue weighted by Gasteiger charge is 2.07. The lowest BCUT2D eigenvalue weighted by atomic mass is 10.1. The molecule has 3 nitrogen and oxygen atoms in total. The zero-order chi connectivity index (χ0) is 10.6. The average molecular weight is 213 g/mol. The van der Waals surface area contributed by atoms with Crippen LogP contribution in [-0.4, -0.2) is 8.42 Å². The summed E-state index contributed by atoms with van der Waals surface area (Å²) < 4.78 is 22.1. The number of aryl methyl sites for hydroxylation is 1. The third kappa shape index (κ3) is 3.12. The monoisotopic (exact) mass is 213 g/mol. The lowest BCUT2D eigenvalue weighted by Crippen LogP contribution is -2.12. The summed E-state index contributed by atoms with van der Waals surface area (Å²) in [5.41, 5.74) is 1.03. The van der Waals surface area contributed by atoms with Gasteiger partial charge >= 0.3 is 0 Å². The number of sulfonamides is 1. The summed E-state index contributed by atoms with van der Waals surface area (Å²) >= 11 is 0. The molecule has 1 aromatic carbocycles. The maximum absolute atomic E-state index is 11.0. The minimum Gasteiger partial charge on any atom is -0.225 e. The van der Waals surface area contributed by atoms with E-state index < -0.39 is 10.0 Å². The van der Waals surface area contributed by atoms with E-state index in [0.717, 1.165) is 24.8 Å². The second kappa shape index (κ2) is 4.57. The van der Waals surface area contributed by atoms with Gasteiger partial charge in [0.25, 0.3) is 0 Å². The van der Waals surface area contributed by atoms with E-state index in [0.29, 0.717) is 0 Å². The summed E-state index contributed by atoms with van der Waals surface area (Å²) in [5.74, 6) is 0. The molecule has 78 valence electrons. The molecule has 0 radical (unpaired) electrons. The van der Waals surface area contributed by atoms with Gasteiger partial charge in [-0.05, 0) is 30.5 Å². The molecule has 0 heterocycles. The Morgan fingerprint density at radius 2 is 2.07 bits per heavy atom. The van der Waals surface area contributed by atoms with Crippen LogP contribution in [-0.2, 0) is 16.4 Å². The van der Waals surface area contributed by atoms with Crippen molar-refractivity contribution in [1.82, 2.24) is 0 Å². The van der Waals surface area contributed by atoms with Crippen molar-refractivity contribution >= 4 is 10.0 Å². The van der Waals surface area contributed by atoms with E-state index in [-0.39, 0.29) is 4.90 Å². The largest absolute Gasteiger partial charge is 0.238 e. The van der Waals surface area contributed by atoms with Crippen LogP contribution in [0.2, 0.25) is 0 Å². The first-order chi connectivity index (χ1) is 6.54. The molecule has 0 amide bonds. The smallest absolute Gasteiger partial charge is 0.225 e. The summed E-state index contributed by atoms with van der Waals surface area (Å²) in [6.07, 6.45) is 3.06. The summed E-state index contributed by atoms with van der Waals surface area (Å²) in [5, 5.41) is 5.03. The van der Waals surface area contributed by atoms with Gasteiger partial charge < -0.3 is 0 Å². The van der Waals surface area contributed by atoms with E-state index in [4.69, 9.17) is 5.14 Å². The number of hydrogen-bond donors (Lipinski definition) is 1. The fourth-order valence-electron chi connectivity index (χ4n) is 1.26. The zero-order valence-corrected chi connectivity index (χ0v) is 9.05. The van der Waals surface area contributed by atoms with E-state index >= 15 is 0 Å². The Morgan fingerprint density at radius 1 is 1.36 bits per heavy atom. The van der Waals surface area contributed by atoms with Crippen LogP contribution in [0.4, 0.5) is 0 Å². The highest BCUT2D eigenvalue weighted by Crippen LogP contribution is 2.11. The summed E-state index contributed by atoms with van der Waals surface area (Å²) in [6.45, 7) is 2.10. The molecule has 14 heavy (non-hydrogen) atoms. The Hall–Kier alpha value is -0.870. The van der Waals surface area contributed by atoms with Crippen molar-refractivity contribution in [3.05, 3.63) is 29.8 Å². The molecule has 0 fully saturated rings. The van der Waals surface area contributed by atoms with Crippen molar-refractivity contribution in [2.24, 2.45) is 5.14 Å². The fourth-order valence-corrected chi connectivity index (χ4v) is 1.84. The second-order valence-corrected chi connectivity index (χ2v) is 4.86. The number of rotatable bonds is 4. The van der Waals surface area contributed by atoms with Crippen LogP contribution in [0.25, 0.3) is 0 Å². The molecule has 0 bridgehead atoms. The van der Waals surface area contributed by atoms with E-state index in [2.05, 4.69) is 6.92 Å². The fraction of sp³-hybridized carbons (Fsp3) is 0.400. The van der Waals surface area contributed by atoms with Gasteiger partial charge in [-0.2, -0.15) is 0 Å². The Labute approximate surface area is 85.0 Å². The maximum atomic E-state index is 11.0. The van der Waals surface area contributed by atoms with Gasteiger partial charge in [-0.25, -0.2) is 13.6 Å². The van der Waals surface area contributed by atoms with Crippen molar-refractivity contribution in [2.75, 3.05) is 0 Å². The van der Waals surface area contributed by atoms with Gasteiger partial charge in [-0.15, -0.1) is 0 Å². The van der Waals surface area contributed by atoms with Crippen molar-refractivity contribution in [2.45, 2.75) is 31.1 Å². The normalized spacial score (nSPS) is 11.6. The summed E-state index contributed by atoms with van der Waals surface area (Å²) in [6, 6.07) is 6.81. The molecule has 0 saturated heterocycles. The van der Waals surface area contributed by atoms with Crippen LogP contribution in [0.5, 0.6) is 0 Å². The first kappa shape index (κ1) is 11.2. The van der Waals surface area contributed by atoms with Gasteiger partial charge in [0.05, 0.1) is 4.90 Å². The predicted molar refractivity (Wildman–Crippen MR) is 56.4 cm³/mol. The van der Waals surface area contributed by atoms with Crippen LogP contribution in [0.3, 0.4) is 0 Å². The van der Waals surface area contributed by atoms with Crippen LogP contribution in [0.15, 0.2) is 29.2 Å². The topological polar surface area (TPSA) is 60.2 Å². The number of nitrogens with two attached hydrogens (primary N) is 1. The minimum atomic E-state index is -3.55. The zero-order valence-electron chi connectivity index (χ0n) is 8.23. The lowest BCUT2D eigenvalue weighted by Gasteiger charge is -2.02. The van der Waals surface area contributed by atoms with Gasteiger partial charge in [-0.1, -0.05) is 25.5 Å². The van der Waals surface area contributed by atoms with Gasteiger partial charge in [0.15, 0.2) is 0 Å². The SMILES string of the molecule is CCCCc1cccc(S(N)(=O)=O)c1. The van der Waals surface area contributed by atoms with E-state index in [1.165, 1.54) is 6.07 Å². The van der Waals surface area contributed by atoms with E-state index in [9.17, 15) is 8.42 Å². The number of benzene rings is 1. The number of hydrogen-bond acceptors (Lipinski definition) is 2. The van der Waals surface area contributed by atoms with Crippen molar-refractivity contribution < 1.29 is 8.42 Å². The molecule has 0 aromatic heterocycles. The van der Waals surface area contributed by atoms with E-state index in [1.807, 2.05) is 6.07 Å². The van der Waals surface area contributed by atoms with Gasteiger partial charge in [0.1, 0.15) is 0 Å². The van der Waals surface area contributed by atoms with Gasteiger partial charge in [0, 0.05) is 0 Å². The molecule has 4 heteroatoms. The Kier molecular flexibility index (Phi) is 3.66. The maximum Gasteiger partial charge on any atom is 0.238 e. The first-order valence-corrected chi connectivity index (χ1v) is 6.20. The molecule has 1 aromatic rings. The molecule has 0 atom stereocenters. The van der Waals surface area contributed by atoms with Crippen LogP contribution in [0, 0.1) is 0 Å². The molecular weight excluding hydrogens is 198 g/mol. The average Bonchev–Trinajstić information content (AvgIpc) is 2.14. The number of unbranched alkanes of at least 4 members (excludes halogenated alkanes) is 1. The summed E-state index contributed by atoms with van der Waals surface area (Å²) in [7, 11) is -3.55. The van der Waals surface area contributed by atoms with Crippen molar-refractivity contribution in [1.29, 1.82) is 0 Å². The molecule has 0 aliphatic heterocycles. The molecule has 2 N–H and O–H groups in total. The van der Waals surface area contributed by atoms with Gasteiger partial charge in [0.2, 0.25) is 10.0 Å². The van der Waals surface area contributed by atoms with Crippen molar-refractivity contribution in [3.63, 3.8) is 0 Å². The van der Waals surface area contributed by atoms with Crippen LogP contribution in [0.1, 0.15) is 25.3 Å². The van der Waals surface area contributed by atoms with Crippen molar-refractivity contribution in [3.8, 4) is 0 Å². The third-order valence-corrected chi connectivity index (χ3v) is 2.96. The minimum absolute atomic E-state index is 0.200. The molecular formula is C10H15NO2S. The summed E-state index contributed by atoms with van der Waals surface area (Å²) in [4.78, 5) is 0.200. The third-order valence-electron chi connectivity index (χ3n) is 2.05. The quantitative estimate of drug-likeness (QED) is 0.827. The standard InChI is InChI=1S/C10H15NO2S/c1-2-3-5-9-6-4-7-10(8-9)14(11,12)13/h4,6-8H,2-3,5H2,1H3,(H2,11,12,13). The lowest BCUT2D eigenvalue weighted by molar-refractivity contribution is 0.597. The molecule has 0 saturated carbocycles. The van der Waals surface area contributed by atoms with E-state index in [1.54, 1.807) is 12.1 Å². The van der Waals surface area contributed by atoms with Gasteiger partial charge in [-0.3, -0.25) is 0 Å². The number of primary sulfonamides is 1. The Morgan fingerprint density at radius 3 is 2.64 bits per heavy atom. The molecule has 1 rings (SSSR count). The van der Waals surface area contributed by atoms with Crippen LogP contribution >= 0.6 is 0 Å².